The number of alkyl halides is 1. The first-order valence-electron chi connectivity index (χ1n) is 11.2. The van der Waals surface area contributed by atoms with Crippen LogP contribution < -0.4 is 9.47 Å². The van der Waals surface area contributed by atoms with Crippen molar-refractivity contribution in [3.63, 3.8) is 0 Å². The standard InChI is InChI=1S/C25H37BrO2/c1-3-5-6-7-8-11-18-27-22-14-15-24-21(20-22)13-16-25(23(24)4-2)28-19-12-9-10-17-26/h13-16,20H,3-12,17-19H2,1-2H3. The zero-order valence-electron chi connectivity index (χ0n) is 17.8. The molecule has 0 aliphatic rings. The highest BCUT2D eigenvalue weighted by Gasteiger charge is 2.08. The minimum atomic E-state index is 0.797. The molecule has 2 rings (SSSR count). The normalized spacial score (nSPS) is 11.1. The summed E-state index contributed by atoms with van der Waals surface area (Å²) in [6.07, 6.45) is 12.3. The molecular weight excluding hydrogens is 412 g/mol. The Bertz CT molecular complexity index is 684. The first-order valence-corrected chi connectivity index (χ1v) is 12.3. The van der Waals surface area contributed by atoms with Gasteiger partial charge in [0.1, 0.15) is 11.5 Å². The Morgan fingerprint density at radius 3 is 2.21 bits per heavy atom. The van der Waals surface area contributed by atoms with E-state index in [9.17, 15) is 0 Å². The van der Waals surface area contributed by atoms with Crippen LogP contribution in [0.15, 0.2) is 30.3 Å². The maximum absolute atomic E-state index is 6.09. The van der Waals surface area contributed by atoms with E-state index in [4.69, 9.17) is 9.47 Å². The molecule has 0 aliphatic heterocycles. The Balaban J connectivity index is 1.90. The highest BCUT2D eigenvalue weighted by Crippen LogP contribution is 2.31. The summed E-state index contributed by atoms with van der Waals surface area (Å²) in [6.45, 7) is 6.07. The molecule has 0 aliphatic carbocycles. The predicted octanol–water partition coefficient (Wildman–Crippen LogP) is 8.09. The summed E-state index contributed by atoms with van der Waals surface area (Å²) in [5.41, 5.74) is 1.31. The van der Waals surface area contributed by atoms with Gasteiger partial charge in [0.05, 0.1) is 13.2 Å². The number of fused-ring (bicyclic) bond motifs is 1. The second-order valence-electron chi connectivity index (χ2n) is 7.49. The highest BCUT2D eigenvalue weighted by molar-refractivity contribution is 9.09. The molecule has 0 amide bonds. The fraction of sp³-hybridized carbons (Fsp3) is 0.600. The second kappa shape index (κ2) is 13.9. The van der Waals surface area contributed by atoms with E-state index < -0.39 is 0 Å². The molecule has 0 N–H and O–H groups in total. The number of hydrogen-bond acceptors (Lipinski definition) is 2. The minimum absolute atomic E-state index is 0.797. The molecule has 0 aromatic heterocycles. The smallest absolute Gasteiger partial charge is 0.123 e. The van der Waals surface area contributed by atoms with E-state index in [1.807, 2.05) is 0 Å². The van der Waals surface area contributed by atoms with Crippen LogP contribution in [0.4, 0.5) is 0 Å². The Labute approximate surface area is 180 Å². The van der Waals surface area contributed by atoms with E-state index in [1.54, 1.807) is 0 Å². The molecule has 0 saturated carbocycles. The van der Waals surface area contributed by atoms with Gasteiger partial charge >= 0.3 is 0 Å². The number of benzene rings is 2. The summed E-state index contributed by atoms with van der Waals surface area (Å²) < 4.78 is 12.1. The van der Waals surface area contributed by atoms with Crippen LogP contribution in [0.5, 0.6) is 11.5 Å². The Kier molecular flexibility index (Phi) is 11.4. The van der Waals surface area contributed by atoms with Crippen molar-refractivity contribution in [2.24, 2.45) is 0 Å². The molecule has 0 radical (unpaired) electrons. The number of rotatable bonds is 15. The molecule has 0 unspecified atom stereocenters. The van der Waals surface area contributed by atoms with Crippen molar-refractivity contribution >= 4 is 26.7 Å². The molecule has 2 nitrogen and oxygen atoms in total. The Morgan fingerprint density at radius 1 is 0.750 bits per heavy atom. The molecule has 0 atom stereocenters. The van der Waals surface area contributed by atoms with Crippen molar-refractivity contribution in [2.75, 3.05) is 18.5 Å². The first-order chi connectivity index (χ1) is 13.8. The summed E-state index contributed by atoms with van der Waals surface area (Å²) in [5.74, 6) is 2.01. The third-order valence-electron chi connectivity index (χ3n) is 5.22. The van der Waals surface area contributed by atoms with E-state index in [0.717, 1.165) is 49.3 Å². The van der Waals surface area contributed by atoms with Crippen LogP contribution in [0, 0.1) is 0 Å². The number of halogens is 1. The van der Waals surface area contributed by atoms with Crippen LogP contribution in [0.1, 0.15) is 77.2 Å². The van der Waals surface area contributed by atoms with Crippen molar-refractivity contribution in [1.82, 2.24) is 0 Å². The maximum atomic E-state index is 6.09. The summed E-state index contributed by atoms with van der Waals surface area (Å²) >= 11 is 3.48. The fourth-order valence-electron chi connectivity index (χ4n) is 3.57. The molecule has 0 saturated heterocycles. The maximum Gasteiger partial charge on any atom is 0.123 e. The van der Waals surface area contributed by atoms with Crippen molar-refractivity contribution in [1.29, 1.82) is 0 Å². The van der Waals surface area contributed by atoms with Gasteiger partial charge < -0.3 is 9.47 Å². The van der Waals surface area contributed by atoms with Crippen LogP contribution in [0.2, 0.25) is 0 Å². The van der Waals surface area contributed by atoms with Crippen molar-refractivity contribution in [2.45, 2.75) is 78.1 Å². The number of aryl methyl sites for hydroxylation is 1. The summed E-state index contributed by atoms with van der Waals surface area (Å²) in [4.78, 5) is 0. The van der Waals surface area contributed by atoms with E-state index in [-0.39, 0.29) is 0 Å². The first kappa shape index (κ1) is 23.1. The quantitative estimate of drug-likeness (QED) is 0.202. The SMILES string of the molecule is CCCCCCCCOc1ccc2c(CC)c(OCCCCCBr)ccc2c1. The predicted molar refractivity (Wildman–Crippen MR) is 125 cm³/mol. The zero-order valence-corrected chi connectivity index (χ0v) is 19.4. The molecule has 2 aromatic rings. The van der Waals surface area contributed by atoms with Gasteiger partial charge in [-0.15, -0.1) is 0 Å². The molecule has 0 heterocycles. The zero-order chi connectivity index (χ0) is 20.0. The minimum Gasteiger partial charge on any atom is -0.494 e. The third-order valence-corrected chi connectivity index (χ3v) is 5.78. The Hall–Kier alpha value is -1.22. The summed E-state index contributed by atoms with van der Waals surface area (Å²) in [5, 5.41) is 3.60. The van der Waals surface area contributed by atoms with E-state index >= 15 is 0 Å². The lowest BCUT2D eigenvalue weighted by atomic mass is 10.0. The molecule has 156 valence electrons. The van der Waals surface area contributed by atoms with Gasteiger partial charge in [-0.1, -0.05) is 74.0 Å². The fourth-order valence-corrected chi connectivity index (χ4v) is 3.97. The van der Waals surface area contributed by atoms with Gasteiger partial charge in [-0.05, 0) is 61.1 Å². The molecule has 0 bridgehead atoms. The Morgan fingerprint density at radius 2 is 1.46 bits per heavy atom. The lowest BCUT2D eigenvalue weighted by molar-refractivity contribution is 0.303. The second-order valence-corrected chi connectivity index (χ2v) is 8.29. The highest BCUT2D eigenvalue weighted by atomic mass is 79.9. The molecular formula is C25H37BrO2. The van der Waals surface area contributed by atoms with E-state index in [1.165, 1.54) is 61.3 Å². The van der Waals surface area contributed by atoms with Crippen LogP contribution >= 0.6 is 15.9 Å². The lowest BCUT2D eigenvalue weighted by Crippen LogP contribution is -2.01. The molecule has 2 aromatic carbocycles. The van der Waals surface area contributed by atoms with Gasteiger partial charge in [-0.25, -0.2) is 0 Å². The number of unbranched alkanes of at least 4 members (excludes halogenated alkanes) is 7. The lowest BCUT2D eigenvalue weighted by Gasteiger charge is -2.14. The topological polar surface area (TPSA) is 18.5 Å². The molecule has 3 heteroatoms. The van der Waals surface area contributed by atoms with Crippen molar-refractivity contribution in [3.05, 3.63) is 35.9 Å². The van der Waals surface area contributed by atoms with Crippen LogP contribution in [0.25, 0.3) is 10.8 Å². The van der Waals surface area contributed by atoms with Crippen LogP contribution in [0.3, 0.4) is 0 Å². The van der Waals surface area contributed by atoms with Gasteiger partial charge in [0, 0.05) is 10.9 Å². The van der Waals surface area contributed by atoms with Gasteiger partial charge in [0.15, 0.2) is 0 Å². The summed E-state index contributed by atoms with van der Waals surface area (Å²) in [7, 11) is 0. The van der Waals surface area contributed by atoms with Crippen LogP contribution in [-0.2, 0) is 6.42 Å². The van der Waals surface area contributed by atoms with Gasteiger partial charge in [0.2, 0.25) is 0 Å². The average Bonchev–Trinajstić information content (AvgIpc) is 2.72. The van der Waals surface area contributed by atoms with Gasteiger partial charge in [-0.2, -0.15) is 0 Å². The number of hydrogen-bond donors (Lipinski definition) is 0. The summed E-state index contributed by atoms with van der Waals surface area (Å²) in [6, 6.07) is 10.8. The van der Waals surface area contributed by atoms with E-state index in [2.05, 4.69) is 60.1 Å². The molecule has 28 heavy (non-hydrogen) atoms. The van der Waals surface area contributed by atoms with Crippen LogP contribution in [-0.4, -0.2) is 18.5 Å². The number of ether oxygens (including phenoxy) is 2. The molecule has 0 spiro atoms. The largest absolute Gasteiger partial charge is 0.494 e. The molecule has 0 fully saturated rings. The van der Waals surface area contributed by atoms with Crippen molar-refractivity contribution < 1.29 is 9.47 Å². The monoisotopic (exact) mass is 448 g/mol. The van der Waals surface area contributed by atoms with E-state index in [0.29, 0.717) is 0 Å². The van der Waals surface area contributed by atoms with Gasteiger partial charge in [0.25, 0.3) is 0 Å². The third kappa shape index (κ3) is 7.66. The van der Waals surface area contributed by atoms with Crippen molar-refractivity contribution in [3.8, 4) is 11.5 Å². The average molecular weight is 449 g/mol. The van der Waals surface area contributed by atoms with Gasteiger partial charge in [-0.3, -0.25) is 0 Å².